The summed E-state index contributed by atoms with van der Waals surface area (Å²) in [5.41, 5.74) is 0.840. The maximum absolute atomic E-state index is 12.8. The van der Waals surface area contributed by atoms with Crippen LogP contribution in [0.25, 0.3) is 0 Å². The van der Waals surface area contributed by atoms with Gasteiger partial charge in [0, 0.05) is 18.8 Å². The summed E-state index contributed by atoms with van der Waals surface area (Å²) in [5.74, 6) is -0.561. The van der Waals surface area contributed by atoms with Crippen LogP contribution in [0.4, 0.5) is 5.69 Å². The molecule has 1 heterocycles. The van der Waals surface area contributed by atoms with Crippen molar-refractivity contribution in [2.75, 3.05) is 31.6 Å². The van der Waals surface area contributed by atoms with Crippen molar-refractivity contribution in [1.29, 1.82) is 5.26 Å². The molecule has 140 valence electrons. The minimum Gasteiger partial charge on any atom is -0.379 e. The summed E-state index contributed by atoms with van der Waals surface area (Å²) in [4.78, 5) is 12.6. The van der Waals surface area contributed by atoms with Crippen LogP contribution >= 0.6 is 11.6 Å². The molecule has 9 heteroatoms. The third kappa shape index (κ3) is 4.28. The average molecular weight is 406 g/mol. The molecule has 1 aliphatic heterocycles. The second kappa shape index (κ2) is 8.06. The molecule has 7 nitrogen and oxygen atoms in total. The van der Waals surface area contributed by atoms with Crippen LogP contribution in [0.15, 0.2) is 47.4 Å². The summed E-state index contributed by atoms with van der Waals surface area (Å²) in [6, 6.07) is 12.4. The van der Waals surface area contributed by atoms with Crippen LogP contribution < -0.4 is 5.32 Å². The molecule has 27 heavy (non-hydrogen) atoms. The smallest absolute Gasteiger partial charge is 0.257 e. The van der Waals surface area contributed by atoms with E-state index in [4.69, 9.17) is 21.6 Å². The van der Waals surface area contributed by atoms with Crippen LogP contribution in [0.1, 0.15) is 15.9 Å². The maximum Gasteiger partial charge on any atom is 0.257 e. The second-order valence-electron chi connectivity index (χ2n) is 5.80. The van der Waals surface area contributed by atoms with Gasteiger partial charge < -0.3 is 10.1 Å². The maximum atomic E-state index is 12.8. The predicted octanol–water partition coefficient (Wildman–Crippen LogP) is 2.48. The fraction of sp³-hybridized carbons (Fsp3) is 0.222. The predicted molar refractivity (Wildman–Crippen MR) is 100 cm³/mol. The Kier molecular flexibility index (Phi) is 5.77. The zero-order valence-electron chi connectivity index (χ0n) is 14.2. The van der Waals surface area contributed by atoms with Crippen molar-refractivity contribution >= 4 is 33.2 Å². The molecule has 0 spiro atoms. The standard InChI is InChI=1S/C18H16ClN3O4S/c19-17-5-4-15(27(24,25)22-6-8-26-9-7-22)11-16(17)18(23)21-14-3-1-2-13(10-14)12-20/h1-5,10-11H,6-9H2,(H,21,23). The third-order valence-electron chi connectivity index (χ3n) is 4.04. The van der Waals surface area contributed by atoms with Crippen molar-refractivity contribution < 1.29 is 17.9 Å². The molecule has 3 rings (SSSR count). The fourth-order valence-electron chi connectivity index (χ4n) is 2.64. The topological polar surface area (TPSA) is 99.5 Å². The molecule has 0 aromatic heterocycles. The minimum atomic E-state index is -3.75. The summed E-state index contributed by atoms with van der Waals surface area (Å²) in [6.45, 7) is 1.17. The van der Waals surface area contributed by atoms with E-state index in [1.54, 1.807) is 18.2 Å². The summed E-state index contributed by atoms with van der Waals surface area (Å²) in [6.07, 6.45) is 0. The van der Waals surface area contributed by atoms with E-state index < -0.39 is 15.9 Å². The Morgan fingerprint density at radius 2 is 1.93 bits per heavy atom. The van der Waals surface area contributed by atoms with E-state index in [-0.39, 0.29) is 28.6 Å². The van der Waals surface area contributed by atoms with E-state index in [0.717, 1.165) is 0 Å². The number of ether oxygens (including phenoxy) is 1. The summed E-state index contributed by atoms with van der Waals surface area (Å²) in [5, 5.41) is 11.7. The Morgan fingerprint density at radius 1 is 1.19 bits per heavy atom. The van der Waals surface area contributed by atoms with Crippen LogP contribution in [0.5, 0.6) is 0 Å². The van der Waals surface area contributed by atoms with Gasteiger partial charge in [0.15, 0.2) is 0 Å². The first kappa shape index (κ1) is 19.3. The number of nitriles is 1. The van der Waals surface area contributed by atoms with Gasteiger partial charge >= 0.3 is 0 Å². The molecule has 0 radical (unpaired) electrons. The highest BCUT2D eigenvalue weighted by Crippen LogP contribution is 2.24. The first-order chi connectivity index (χ1) is 12.9. The molecule has 0 aliphatic carbocycles. The first-order valence-electron chi connectivity index (χ1n) is 8.11. The van der Waals surface area contributed by atoms with E-state index in [1.807, 2.05) is 6.07 Å². The number of morpholine rings is 1. The Hall–Kier alpha value is -2.44. The Morgan fingerprint density at radius 3 is 2.63 bits per heavy atom. The fourth-order valence-corrected chi connectivity index (χ4v) is 4.28. The molecule has 1 fully saturated rings. The number of nitrogens with one attached hydrogen (secondary N) is 1. The van der Waals surface area contributed by atoms with Crippen LogP contribution in [0.2, 0.25) is 5.02 Å². The molecule has 0 saturated carbocycles. The van der Waals surface area contributed by atoms with Gasteiger partial charge in [-0.1, -0.05) is 17.7 Å². The van der Waals surface area contributed by atoms with Crippen molar-refractivity contribution in [3.63, 3.8) is 0 Å². The van der Waals surface area contributed by atoms with Crippen LogP contribution in [0.3, 0.4) is 0 Å². The largest absolute Gasteiger partial charge is 0.379 e. The first-order valence-corrected chi connectivity index (χ1v) is 9.92. The highest BCUT2D eigenvalue weighted by atomic mass is 35.5. The average Bonchev–Trinajstić information content (AvgIpc) is 2.69. The second-order valence-corrected chi connectivity index (χ2v) is 8.15. The Bertz CT molecular complexity index is 1010. The van der Waals surface area contributed by atoms with Crippen LogP contribution in [0, 0.1) is 11.3 Å². The van der Waals surface area contributed by atoms with Gasteiger partial charge in [0.25, 0.3) is 5.91 Å². The number of hydrogen-bond acceptors (Lipinski definition) is 5. The summed E-state index contributed by atoms with van der Waals surface area (Å²) >= 11 is 6.11. The summed E-state index contributed by atoms with van der Waals surface area (Å²) in [7, 11) is -3.75. The van der Waals surface area contributed by atoms with Gasteiger partial charge in [0.05, 0.1) is 40.3 Å². The molecule has 1 aliphatic rings. The number of carbonyl (C=O) groups is 1. The lowest BCUT2D eigenvalue weighted by Gasteiger charge is -2.26. The monoisotopic (exact) mass is 405 g/mol. The molecule has 0 bridgehead atoms. The zero-order chi connectivity index (χ0) is 19.4. The lowest BCUT2D eigenvalue weighted by atomic mass is 10.2. The van der Waals surface area contributed by atoms with Gasteiger partial charge in [-0.15, -0.1) is 0 Å². The molecule has 0 atom stereocenters. The number of amides is 1. The number of hydrogen-bond donors (Lipinski definition) is 1. The van der Waals surface area contributed by atoms with Crippen molar-refractivity contribution in [2.24, 2.45) is 0 Å². The highest BCUT2D eigenvalue weighted by molar-refractivity contribution is 7.89. The lowest BCUT2D eigenvalue weighted by molar-refractivity contribution is 0.0730. The Balaban J connectivity index is 1.88. The van der Waals surface area contributed by atoms with Gasteiger partial charge in [-0.25, -0.2) is 8.42 Å². The normalized spacial score (nSPS) is 15.1. The molecular weight excluding hydrogens is 390 g/mol. The van der Waals surface area contributed by atoms with E-state index >= 15 is 0 Å². The number of carbonyl (C=O) groups excluding carboxylic acids is 1. The van der Waals surface area contributed by atoms with Gasteiger partial charge in [-0.3, -0.25) is 4.79 Å². The lowest BCUT2D eigenvalue weighted by Crippen LogP contribution is -2.40. The number of benzene rings is 2. The molecule has 2 aromatic rings. The zero-order valence-corrected chi connectivity index (χ0v) is 15.8. The van der Waals surface area contributed by atoms with Gasteiger partial charge in [-0.2, -0.15) is 9.57 Å². The molecule has 0 unspecified atom stereocenters. The van der Waals surface area contributed by atoms with Gasteiger partial charge in [-0.05, 0) is 36.4 Å². The molecule has 1 N–H and O–H groups in total. The van der Waals surface area contributed by atoms with E-state index in [9.17, 15) is 13.2 Å². The highest BCUT2D eigenvalue weighted by Gasteiger charge is 2.27. The third-order valence-corrected chi connectivity index (χ3v) is 6.26. The van der Waals surface area contributed by atoms with Crippen molar-refractivity contribution in [3.8, 4) is 6.07 Å². The Labute approximate surface area is 162 Å². The molecule has 1 amide bonds. The number of halogens is 1. The van der Waals surface area contributed by atoms with Crippen molar-refractivity contribution in [3.05, 3.63) is 58.6 Å². The molecule has 2 aromatic carbocycles. The van der Waals surface area contributed by atoms with Crippen LogP contribution in [-0.4, -0.2) is 44.9 Å². The number of sulfonamides is 1. The summed E-state index contributed by atoms with van der Waals surface area (Å²) < 4.78 is 32.0. The minimum absolute atomic E-state index is 0.00951. The van der Waals surface area contributed by atoms with Crippen molar-refractivity contribution in [1.82, 2.24) is 4.31 Å². The molecule has 1 saturated heterocycles. The van der Waals surface area contributed by atoms with E-state index in [1.165, 1.54) is 28.6 Å². The molecular formula is C18H16ClN3O4S. The number of anilines is 1. The number of nitrogens with zero attached hydrogens (tertiary/aromatic N) is 2. The number of rotatable bonds is 4. The van der Waals surface area contributed by atoms with Gasteiger partial charge in [0.2, 0.25) is 10.0 Å². The van der Waals surface area contributed by atoms with Crippen LogP contribution in [-0.2, 0) is 14.8 Å². The van der Waals surface area contributed by atoms with Gasteiger partial charge in [0.1, 0.15) is 0 Å². The van der Waals surface area contributed by atoms with E-state index in [2.05, 4.69) is 5.32 Å². The van der Waals surface area contributed by atoms with E-state index in [0.29, 0.717) is 24.5 Å². The SMILES string of the molecule is N#Cc1cccc(NC(=O)c2cc(S(=O)(=O)N3CCOCC3)ccc2Cl)c1. The van der Waals surface area contributed by atoms with Crippen molar-refractivity contribution in [2.45, 2.75) is 4.90 Å². The quantitative estimate of drug-likeness (QED) is 0.842.